The van der Waals surface area contributed by atoms with Gasteiger partial charge in [-0.05, 0) is 49.8 Å². The maximum absolute atomic E-state index is 12.8. The first-order chi connectivity index (χ1) is 15.1. The van der Waals surface area contributed by atoms with E-state index in [1.54, 1.807) is 29.2 Å². The number of nitrogens with zero attached hydrogens (tertiary/aromatic N) is 1. The third-order valence-electron chi connectivity index (χ3n) is 5.27. The van der Waals surface area contributed by atoms with Gasteiger partial charge in [-0.3, -0.25) is 14.4 Å². The molecule has 3 amide bonds. The molecule has 0 radical (unpaired) electrons. The molecule has 3 rings (SSSR count). The standard InChI is InChI=1S/C23H29N3O4S/c1-2-30-15-6-12-24-22(28)18-7-3-4-8-19(18)25-21(27)17-10-13-26(14-11-17)23(29)20-9-5-16-31-20/h3-5,7-9,16-17H,2,6,10-15H2,1H3,(H,24,28)(H,25,27). The molecule has 1 aliphatic rings. The van der Waals surface area contributed by atoms with Crippen molar-refractivity contribution in [3.8, 4) is 0 Å². The second-order valence-corrected chi connectivity index (χ2v) is 8.33. The lowest BCUT2D eigenvalue weighted by molar-refractivity contribution is -0.121. The van der Waals surface area contributed by atoms with Crippen molar-refractivity contribution in [1.29, 1.82) is 0 Å². The van der Waals surface area contributed by atoms with Crippen LogP contribution in [0.15, 0.2) is 41.8 Å². The molecule has 0 unspecified atom stereocenters. The van der Waals surface area contributed by atoms with Crippen molar-refractivity contribution in [3.63, 3.8) is 0 Å². The summed E-state index contributed by atoms with van der Waals surface area (Å²) in [5, 5.41) is 7.68. The van der Waals surface area contributed by atoms with Crippen LogP contribution in [0.3, 0.4) is 0 Å². The highest BCUT2D eigenvalue weighted by atomic mass is 32.1. The fraction of sp³-hybridized carbons (Fsp3) is 0.435. The van der Waals surface area contributed by atoms with Crippen LogP contribution in [0.1, 0.15) is 46.2 Å². The molecule has 0 bridgehead atoms. The number of amides is 3. The third kappa shape index (κ3) is 6.38. The van der Waals surface area contributed by atoms with Crippen LogP contribution >= 0.6 is 11.3 Å². The zero-order chi connectivity index (χ0) is 22.1. The number of thiophene rings is 1. The Morgan fingerprint density at radius 3 is 2.61 bits per heavy atom. The molecule has 1 saturated heterocycles. The van der Waals surface area contributed by atoms with Crippen LogP contribution in [0.4, 0.5) is 5.69 Å². The summed E-state index contributed by atoms with van der Waals surface area (Å²) in [6.07, 6.45) is 1.94. The van der Waals surface area contributed by atoms with E-state index in [1.807, 2.05) is 24.4 Å². The maximum Gasteiger partial charge on any atom is 0.263 e. The van der Waals surface area contributed by atoms with E-state index in [1.165, 1.54) is 11.3 Å². The first-order valence-electron chi connectivity index (χ1n) is 10.7. The third-order valence-corrected chi connectivity index (χ3v) is 6.13. The number of anilines is 1. The van der Waals surface area contributed by atoms with Crippen molar-refractivity contribution in [2.45, 2.75) is 26.2 Å². The average Bonchev–Trinajstić information content (AvgIpc) is 3.34. The highest BCUT2D eigenvalue weighted by molar-refractivity contribution is 7.12. The van der Waals surface area contributed by atoms with E-state index in [4.69, 9.17) is 4.74 Å². The lowest BCUT2D eigenvalue weighted by atomic mass is 9.95. The Morgan fingerprint density at radius 2 is 1.90 bits per heavy atom. The summed E-state index contributed by atoms with van der Waals surface area (Å²) in [7, 11) is 0. The minimum Gasteiger partial charge on any atom is -0.382 e. The van der Waals surface area contributed by atoms with E-state index in [-0.39, 0.29) is 23.6 Å². The van der Waals surface area contributed by atoms with Gasteiger partial charge < -0.3 is 20.3 Å². The molecule has 0 atom stereocenters. The molecule has 31 heavy (non-hydrogen) atoms. The minimum atomic E-state index is -0.219. The summed E-state index contributed by atoms with van der Waals surface area (Å²) in [5.41, 5.74) is 0.949. The largest absolute Gasteiger partial charge is 0.382 e. The smallest absolute Gasteiger partial charge is 0.263 e. The quantitative estimate of drug-likeness (QED) is 0.582. The number of likely N-dealkylation sites (tertiary alicyclic amines) is 1. The zero-order valence-electron chi connectivity index (χ0n) is 17.8. The van der Waals surface area contributed by atoms with Crippen LogP contribution in [0.5, 0.6) is 0 Å². The summed E-state index contributed by atoms with van der Waals surface area (Å²) >= 11 is 1.43. The predicted molar refractivity (Wildman–Crippen MR) is 121 cm³/mol. The average molecular weight is 444 g/mol. The van der Waals surface area contributed by atoms with Gasteiger partial charge in [-0.25, -0.2) is 0 Å². The van der Waals surface area contributed by atoms with Gasteiger partial charge in [-0.15, -0.1) is 11.3 Å². The first-order valence-corrected chi connectivity index (χ1v) is 11.6. The van der Waals surface area contributed by atoms with Crippen molar-refractivity contribution in [2.24, 2.45) is 5.92 Å². The van der Waals surface area contributed by atoms with Gasteiger partial charge in [0.05, 0.1) is 16.1 Å². The van der Waals surface area contributed by atoms with Crippen molar-refractivity contribution >= 4 is 34.7 Å². The molecular formula is C23H29N3O4S. The van der Waals surface area contributed by atoms with Crippen molar-refractivity contribution in [3.05, 3.63) is 52.2 Å². The molecule has 1 aliphatic heterocycles. The Kier molecular flexibility index (Phi) is 8.61. The van der Waals surface area contributed by atoms with Gasteiger partial charge in [0, 0.05) is 38.8 Å². The van der Waals surface area contributed by atoms with Gasteiger partial charge in [-0.1, -0.05) is 18.2 Å². The Morgan fingerprint density at radius 1 is 1.13 bits per heavy atom. The van der Waals surface area contributed by atoms with E-state index in [9.17, 15) is 14.4 Å². The van der Waals surface area contributed by atoms with Crippen LogP contribution in [0, 0.1) is 5.92 Å². The Labute approximate surface area is 186 Å². The van der Waals surface area contributed by atoms with Crippen LogP contribution in [-0.4, -0.2) is 55.5 Å². The monoisotopic (exact) mass is 443 g/mol. The van der Waals surface area contributed by atoms with Crippen LogP contribution < -0.4 is 10.6 Å². The number of hydrogen-bond donors (Lipinski definition) is 2. The highest BCUT2D eigenvalue weighted by Gasteiger charge is 2.28. The van der Waals surface area contributed by atoms with E-state index >= 15 is 0 Å². The van der Waals surface area contributed by atoms with Gasteiger partial charge in [0.2, 0.25) is 5.91 Å². The van der Waals surface area contributed by atoms with Gasteiger partial charge in [0.15, 0.2) is 0 Å². The normalized spacial score (nSPS) is 14.3. The highest BCUT2D eigenvalue weighted by Crippen LogP contribution is 2.23. The fourth-order valence-electron chi connectivity index (χ4n) is 3.54. The number of carbonyl (C=O) groups excluding carboxylic acids is 3. The topological polar surface area (TPSA) is 87.7 Å². The van der Waals surface area contributed by atoms with Gasteiger partial charge >= 0.3 is 0 Å². The number of carbonyl (C=O) groups is 3. The van der Waals surface area contributed by atoms with E-state index in [0.29, 0.717) is 56.9 Å². The maximum atomic E-state index is 12.8. The molecular weight excluding hydrogens is 414 g/mol. The first kappa shape index (κ1) is 23.0. The number of ether oxygens (including phenoxy) is 1. The molecule has 8 heteroatoms. The zero-order valence-corrected chi connectivity index (χ0v) is 18.6. The lowest BCUT2D eigenvalue weighted by Crippen LogP contribution is -2.41. The number of piperidine rings is 1. The molecule has 0 aliphatic carbocycles. The summed E-state index contributed by atoms with van der Waals surface area (Å²) in [6, 6.07) is 10.7. The number of hydrogen-bond acceptors (Lipinski definition) is 5. The predicted octanol–water partition coefficient (Wildman–Crippen LogP) is 3.40. The van der Waals surface area contributed by atoms with E-state index in [0.717, 1.165) is 11.3 Å². The molecule has 0 spiro atoms. The van der Waals surface area contributed by atoms with Crippen LogP contribution in [0.2, 0.25) is 0 Å². The second-order valence-electron chi connectivity index (χ2n) is 7.38. The Balaban J connectivity index is 1.52. The molecule has 1 aromatic heterocycles. The molecule has 2 aromatic rings. The number of para-hydroxylation sites is 1. The lowest BCUT2D eigenvalue weighted by Gasteiger charge is -2.31. The number of benzene rings is 1. The Bertz CT molecular complexity index is 877. The molecule has 2 heterocycles. The van der Waals surface area contributed by atoms with Crippen LogP contribution in [-0.2, 0) is 9.53 Å². The fourth-order valence-corrected chi connectivity index (χ4v) is 4.23. The van der Waals surface area contributed by atoms with Crippen molar-refractivity contribution < 1.29 is 19.1 Å². The van der Waals surface area contributed by atoms with E-state index in [2.05, 4.69) is 10.6 Å². The summed E-state index contributed by atoms with van der Waals surface area (Å²) in [6.45, 7) is 4.81. The number of rotatable bonds is 9. The molecule has 166 valence electrons. The second kappa shape index (κ2) is 11.6. The molecule has 0 saturated carbocycles. The van der Waals surface area contributed by atoms with Gasteiger partial charge in [0.25, 0.3) is 11.8 Å². The van der Waals surface area contributed by atoms with Crippen molar-refractivity contribution in [2.75, 3.05) is 38.2 Å². The summed E-state index contributed by atoms with van der Waals surface area (Å²) in [4.78, 5) is 40.4. The molecule has 1 fully saturated rings. The van der Waals surface area contributed by atoms with Gasteiger partial charge in [0.1, 0.15) is 0 Å². The van der Waals surface area contributed by atoms with E-state index < -0.39 is 0 Å². The molecule has 2 N–H and O–H groups in total. The minimum absolute atomic E-state index is 0.0280. The SMILES string of the molecule is CCOCCCNC(=O)c1ccccc1NC(=O)C1CCN(C(=O)c2cccs2)CC1. The van der Waals surface area contributed by atoms with Crippen LogP contribution in [0.25, 0.3) is 0 Å². The van der Waals surface area contributed by atoms with Gasteiger partial charge in [-0.2, -0.15) is 0 Å². The summed E-state index contributed by atoms with van der Waals surface area (Å²) in [5.74, 6) is -0.488. The molecule has 7 nitrogen and oxygen atoms in total. The van der Waals surface area contributed by atoms with Crippen molar-refractivity contribution in [1.82, 2.24) is 10.2 Å². The Hall–Kier alpha value is -2.71. The molecule has 1 aromatic carbocycles. The number of nitrogens with one attached hydrogen (secondary N) is 2. The summed E-state index contributed by atoms with van der Waals surface area (Å²) < 4.78 is 5.28.